The highest BCUT2D eigenvalue weighted by atomic mass is 32.2. The average molecular weight is 294 g/mol. The molecule has 19 heavy (non-hydrogen) atoms. The number of thiophene rings is 1. The van der Waals surface area contributed by atoms with Crippen molar-refractivity contribution >= 4 is 27.0 Å². The molecule has 0 spiro atoms. The van der Waals surface area contributed by atoms with Gasteiger partial charge in [-0.15, -0.1) is 11.3 Å². The highest BCUT2D eigenvalue weighted by Crippen LogP contribution is 2.19. The van der Waals surface area contributed by atoms with Crippen LogP contribution >= 0.6 is 11.3 Å². The Morgan fingerprint density at radius 3 is 2.47 bits per heavy atom. The molecule has 2 aromatic rings. The van der Waals surface area contributed by atoms with Crippen LogP contribution in [0.2, 0.25) is 0 Å². The number of sulfone groups is 1. The first kappa shape index (κ1) is 14.0. The maximum absolute atomic E-state index is 12.0. The fourth-order valence-electron chi connectivity index (χ4n) is 1.68. The molecule has 0 saturated carbocycles. The van der Waals surface area contributed by atoms with E-state index in [-0.39, 0.29) is 9.99 Å². The van der Waals surface area contributed by atoms with E-state index >= 15 is 0 Å². The molecule has 0 saturated heterocycles. The van der Waals surface area contributed by atoms with Gasteiger partial charge >= 0.3 is 0 Å². The summed E-state index contributed by atoms with van der Waals surface area (Å²) in [5, 5.41) is 1.69. The molecule has 0 bridgehead atoms. The van der Waals surface area contributed by atoms with Gasteiger partial charge in [0.25, 0.3) is 0 Å². The van der Waals surface area contributed by atoms with Crippen molar-refractivity contribution in [2.45, 2.75) is 18.1 Å². The molecule has 0 radical (unpaired) electrons. The van der Waals surface area contributed by atoms with E-state index in [9.17, 15) is 13.2 Å². The predicted octanol–water partition coefficient (Wildman–Crippen LogP) is 3.02. The largest absolute Gasteiger partial charge is 0.293 e. The number of ketones is 1. The summed E-state index contributed by atoms with van der Waals surface area (Å²) in [7, 11) is -3.52. The molecule has 0 aliphatic heterocycles. The fourth-order valence-corrected chi connectivity index (χ4v) is 4.00. The number of carbonyl (C=O) groups is 1. The predicted molar refractivity (Wildman–Crippen MR) is 76.6 cm³/mol. The summed E-state index contributed by atoms with van der Waals surface area (Å²) in [5.41, 5.74) is 2.51. The van der Waals surface area contributed by atoms with Crippen molar-refractivity contribution in [2.75, 3.05) is 5.75 Å². The molecule has 0 N–H and O–H groups in total. The quantitative estimate of drug-likeness (QED) is 0.814. The van der Waals surface area contributed by atoms with Crippen LogP contribution in [0.3, 0.4) is 0 Å². The summed E-state index contributed by atoms with van der Waals surface area (Å²) in [6.07, 6.45) is 0. The van der Waals surface area contributed by atoms with Crippen molar-refractivity contribution in [3.63, 3.8) is 0 Å². The van der Waals surface area contributed by atoms with Crippen LogP contribution in [0, 0.1) is 13.8 Å². The number of hydrogen-bond donors (Lipinski definition) is 0. The minimum absolute atomic E-state index is 0.240. The molecule has 0 aliphatic rings. The topological polar surface area (TPSA) is 51.2 Å². The number of Topliss-reactive ketones (excluding diaryl/α,β-unsaturated/α-hetero) is 1. The van der Waals surface area contributed by atoms with E-state index in [2.05, 4.69) is 0 Å². The van der Waals surface area contributed by atoms with Gasteiger partial charge in [0, 0.05) is 5.56 Å². The zero-order valence-electron chi connectivity index (χ0n) is 10.7. The first-order valence-electron chi connectivity index (χ1n) is 5.77. The average Bonchev–Trinajstić information content (AvgIpc) is 2.86. The van der Waals surface area contributed by atoms with Gasteiger partial charge in [0.15, 0.2) is 15.6 Å². The van der Waals surface area contributed by atoms with E-state index in [1.54, 1.807) is 23.6 Å². The number of hydrogen-bond acceptors (Lipinski definition) is 4. The van der Waals surface area contributed by atoms with Crippen LogP contribution in [0.1, 0.15) is 21.5 Å². The van der Waals surface area contributed by atoms with Crippen LogP contribution in [0.5, 0.6) is 0 Å². The second kappa shape index (κ2) is 5.27. The Hall–Kier alpha value is -1.46. The minimum Gasteiger partial charge on any atom is -0.293 e. The Balaban J connectivity index is 2.24. The van der Waals surface area contributed by atoms with Crippen LogP contribution in [-0.4, -0.2) is 20.0 Å². The van der Waals surface area contributed by atoms with Crippen LogP contribution in [0.4, 0.5) is 0 Å². The Morgan fingerprint density at radius 2 is 1.89 bits per heavy atom. The SMILES string of the molecule is Cc1ccc(C(=O)CS(=O)(=O)c2cccs2)cc1C. The maximum atomic E-state index is 12.0. The molecule has 2 rings (SSSR count). The summed E-state index contributed by atoms with van der Waals surface area (Å²) >= 11 is 1.13. The van der Waals surface area contributed by atoms with E-state index < -0.39 is 15.6 Å². The Morgan fingerprint density at radius 1 is 1.16 bits per heavy atom. The Kier molecular flexibility index (Phi) is 3.87. The third-order valence-electron chi connectivity index (χ3n) is 2.95. The lowest BCUT2D eigenvalue weighted by molar-refractivity contribution is 0.102. The highest BCUT2D eigenvalue weighted by Gasteiger charge is 2.21. The van der Waals surface area contributed by atoms with Crippen molar-refractivity contribution in [1.29, 1.82) is 0 Å². The van der Waals surface area contributed by atoms with Crippen LogP contribution in [0.15, 0.2) is 39.9 Å². The Labute approximate surface area is 116 Å². The summed E-state index contributed by atoms with van der Waals surface area (Å²) in [6.45, 7) is 3.85. The molecule has 0 unspecified atom stereocenters. The van der Waals surface area contributed by atoms with Crippen LogP contribution in [0.25, 0.3) is 0 Å². The molecule has 1 heterocycles. The number of aryl methyl sites for hydroxylation is 2. The normalized spacial score (nSPS) is 11.5. The molecule has 1 aromatic carbocycles. The molecule has 100 valence electrons. The second-order valence-corrected chi connectivity index (χ2v) is 7.58. The summed E-state index contributed by atoms with van der Waals surface area (Å²) in [5.74, 6) is -0.841. The van der Waals surface area contributed by atoms with E-state index in [1.165, 1.54) is 6.07 Å². The van der Waals surface area contributed by atoms with Gasteiger partial charge in [-0.25, -0.2) is 8.42 Å². The van der Waals surface area contributed by atoms with Gasteiger partial charge in [-0.1, -0.05) is 18.2 Å². The lowest BCUT2D eigenvalue weighted by Gasteiger charge is -2.05. The van der Waals surface area contributed by atoms with Gasteiger partial charge in [-0.2, -0.15) is 0 Å². The van der Waals surface area contributed by atoms with Crippen LogP contribution in [-0.2, 0) is 9.84 Å². The third kappa shape index (κ3) is 3.11. The zero-order chi connectivity index (χ0) is 14.0. The fraction of sp³-hybridized carbons (Fsp3) is 0.214. The smallest absolute Gasteiger partial charge is 0.195 e. The molecule has 0 amide bonds. The van der Waals surface area contributed by atoms with Gasteiger partial charge in [0.1, 0.15) is 9.96 Å². The van der Waals surface area contributed by atoms with E-state index in [0.717, 1.165) is 22.5 Å². The molecule has 1 aromatic heterocycles. The second-order valence-electron chi connectivity index (χ2n) is 4.41. The monoisotopic (exact) mass is 294 g/mol. The van der Waals surface area contributed by atoms with E-state index in [1.807, 2.05) is 19.9 Å². The first-order chi connectivity index (χ1) is 8.90. The van der Waals surface area contributed by atoms with Crippen molar-refractivity contribution in [1.82, 2.24) is 0 Å². The number of rotatable bonds is 4. The van der Waals surface area contributed by atoms with Crippen molar-refractivity contribution < 1.29 is 13.2 Å². The third-order valence-corrected chi connectivity index (χ3v) is 6.06. The minimum atomic E-state index is -3.52. The van der Waals surface area contributed by atoms with Crippen molar-refractivity contribution in [3.8, 4) is 0 Å². The van der Waals surface area contributed by atoms with Crippen molar-refractivity contribution in [3.05, 3.63) is 52.4 Å². The Bertz CT molecular complexity index is 698. The number of benzene rings is 1. The van der Waals surface area contributed by atoms with E-state index in [4.69, 9.17) is 0 Å². The standard InChI is InChI=1S/C14H14O3S2/c1-10-5-6-12(8-11(10)2)13(15)9-19(16,17)14-4-3-7-18-14/h3-8H,9H2,1-2H3. The molecule has 0 fully saturated rings. The molecule has 5 heteroatoms. The molecule has 0 atom stereocenters. The summed E-state index contributed by atoms with van der Waals surface area (Å²) in [6, 6.07) is 8.43. The van der Waals surface area contributed by atoms with Crippen molar-refractivity contribution in [2.24, 2.45) is 0 Å². The summed E-state index contributed by atoms with van der Waals surface area (Å²) < 4.78 is 24.3. The van der Waals surface area contributed by atoms with Gasteiger partial charge in [0.05, 0.1) is 0 Å². The number of carbonyl (C=O) groups excluding carboxylic acids is 1. The van der Waals surface area contributed by atoms with Gasteiger partial charge in [-0.3, -0.25) is 4.79 Å². The van der Waals surface area contributed by atoms with E-state index in [0.29, 0.717) is 5.56 Å². The highest BCUT2D eigenvalue weighted by molar-refractivity contribution is 7.94. The van der Waals surface area contributed by atoms with Gasteiger partial charge in [-0.05, 0) is 42.5 Å². The molecule has 3 nitrogen and oxygen atoms in total. The summed E-state index contributed by atoms with van der Waals surface area (Å²) in [4.78, 5) is 12.0. The zero-order valence-corrected chi connectivity index (χ0v) is 12.3. The lowest BCUT2D eigenvalue weighted by atomic mass is 10.0. The molecular weight excluding hydrogens is 280 g/mol. The lowest BCUT2D eigenvalue weighted by Crippen LogP contribution is -2.15. The first-order valence-corrected chi connectivity index (χ1v) is 8.30. The molecular formula is C14H14O3S2. The van der Waals surface area contributed by atoms with Gasteiger partial charge < -0.3 is 0 Å². The molecule has 0 aliphatic carbocycles. The maximum Gasteiger partial charge on any atom is 0.195 e. The van der Waals surface area contributed by atoms with Gasteiger partial charge in [0.2, 0.25) is 0 Å². The van der Waals surface area contributed by atoms with Crippen LogP contribution < -0.4 is 0 Å².